The minimum atomic E-state index is -0.263. The van der Waals surface area contributed by atoms with E-state index in [0.717, 1.165) is 48.4 Å². The molecule has 4 rings (SSSR count). The highest BCUT2D eigenvalue weighted by atomic mass is 16.3. The van der Waals surface area contributed by atoms with Crippen molar-refractivity contribution < 1.29 is 9.90 Å². The summed E-state index contributed by atoms with van der Waals surface area (Å²) < 4.78 is 0. The summed E-state index contributed by atoms with van der Waals surface area (Å²) in [7, 11) is 0. The zero-order valence-electron chi connectivity index (χ0n) is 14.2. The number of nitrogens with one attached hydrogen (secondary N) is 1. The summed E-state index contributed by atoms with van der Waals surface area (Å²) >= 11 is 0. The third-order valence-corrected chi connectivity index (χ3v) is 5.22. The number of nitrogens with zero attached hydrogens (tertiary/aromatic N) is 2. The molecule has 0 spiro atoms. The monoisotopic (exact) mass is 337 g/mol. The molecule has 1 fully saturated rings. The van der Waals surface area contributed by atoms with E-state index in [1.165, 1.54) is 0 Å². The van der Waals surface area contributed by atoms with Gasteiger partial charge in [0, 0.05) is 17.7 Å². The lowest BCUT2D eigenvalue weighted by molar-refractivity contribution is -0.122. The third kappa shape index (κ3) is 3.24. The molecule has 2 atom stereocenters. The van der Waals surface area contributed by atoms with Gasteiger partial charge in [-0.15, -0.1) is 0 Å². The molecule has 1 aromatic carbocycles. The van der Waals surface area contributed by atoms with Crippen molar-refractivity contribution in [2.24, 2.45) is 5.92 Å². The van der Waals surface area contributed by atoms with Gasteiger partial charge in [0.05, 0.1) is 24.0 Å². The van der Waals surface area contributed by atoms with Crippen molar-refractivity contribution in [3.63, 3.8) is 0 Å². The van der Waals surface area contributed by atoms with E-state index in [9.17, 15) is 9.90 Å². The molecule has 25 heavy (non-hydrogen) atoms. The van der Waals surface area contributed by atoms with Gasteiger partial charge in [-0.3, -0.25) is 4.79 Å². The average Bonchev–Trinajstić information content (AvgIpc) is 2.95. The number of rotatable bonds is 1. The first-order chi connectivity index (χ1) is 12.2. The van der Waals surface area contributed by atoms with E-state index in [2.05, 4.69) is 10.3 Å². The largest absolute Gasteiger partial charge is 0.393 e. The number of para-hydroxylation sites is 2. The van der Waals surface area contributed by atoms with E-state index in [0.29, 0.717) is 13.0 Å². The van der Waals surface area contributed by atoms with Crippen LogP contribution in [-0.4, -0.2) is 22.1 Å². The summed E-state index contributed by atoms with van der Waals surface area (Å²) in [5.74, 6) is 0.935. The number of anilines is 3. The predicted octanol–water partition coefficient (Wildman–Crippen LogP) is 3.61. The Hall–Kier alpha value is -2.40. The van der Waals surface area contributed by atoms with E-state index in [1.807, 2.05) is 41.3 Å². The molecule has 1 saturated carbocycles. The van der Waals surface area contributed by atoms with Crippen LogP contribution in [-0.2, 0) is 11.3 Å². The van der Waals surface area contributed by atoms with Crippen LogP contribution in [0, 0.1) is 5.92 Å². The van der Waals surface area contributed by atoms with Gasteiger partial charge in [-0.25, -0.2) is 4.98 Å². The molecule has 2 heterocycles. The van der Waals surface area contributed by atoms with Crippen LogP contribution in [0.25, 0.3) is 0 Å². The Labute approximate surface area is 147 Å². The fourth-order valence-electron chi connectivity index (χ4n) is 3.82. The Morgan fingerprint density at radius 3 is 2.92 bits per heavy atom. The maximum absolute atomic E-state index is 13.3. The summed E-state index contributed by atoms with van der Waals surface area (Å²) in [4.78, 5) is 19.6. The number of hydrogen-bond donors (Lipinski definition) is 2. The lowest BCUT2D eigenvalue weighted by Gasteiger charge is -2.27. The first-order valence-corrected chi connectivity index (χ1v) is 9.02. The van der Waals surface area contributed by atoms with Crippen LogP contribution in [0.2, 0.25) is 0 Å². The molecule has 2 unspecified atom stereocenters. The van der Waals surface area contributed by atoms with Gasteiger partial charge >= 0.3 is 0 Å². The van der Waals surface area contributed by atoms with Crippen LogP contribution in [0.1, 0.15) is 37.7 Å². The van der Waals surface area contributed by atoms with Crippen molar-refractivity contribution >= 4 is 23.1 Å². The van der Waals surface area contributed by atoms with Gasteiger partial charge < -0.3 is 15.3 Å². The van der Waals surface area contributed by atoms with Gasteiger partial charge in [-0.05, 0) is 43.9 Å². The van der Waals surface area contributed by atoms with E-state index in [-0.39, 0.29) is 17.9 Å². The lowest BCUT2D eigenvalue weighted by Crippen LogP contribution is -2.35. The van der Waals surface area contributed by atoms with E-state index in [1.54, 1.807) is 6.20 Å². The molecule has 2 aromatic rings. The molecule has 1 amide bonds. The maximum atomic E-state index is 13.3. The Balaban J connectivity index is 1.69. The Morgan fingerprint density at radius 1 is 1.12 bits per heavy atom. The quantitative estimate of drug-likeness (QED) is 0.780. The molecule has 1 aliphatic heterocycles. The number of hydrogen-bond acceptors (Lipinski definition) is 4. The standard InChI is InChI=1S/C20H23N3O2/c24-16-7-3-5-14(10-11-16)20(25)23-13-15-6-4-12-21-19(15)22-17-8-1-2-9-18(17)23/h1-2,4,6,8-9,12,14,16,24H,3,5,7,10-11,13H2,(H,21,22). The zero-order valence-corrected chi connectivity index (χ0v) is 14.2. The number of pyridine rings is 1. The fourth-order valence-corrected chi connectivity index (χ4v) is 3.82. The molecule has 0 bridgehead atoms. The lowest BCUT2D eigenvalue weighted by atomic mass is 9.98. The number of aliphatic hydroxyl groups is 1. The van der Waals surface area contributed by atoms with E-state index >= 15 is 0 Å². The SMILES string of the molecule is O=C(C1CCCC(O)CC1)N1Cc2cccnc2Nc2ccccc21. The second-order valence-corrected chi connectivity index (χ2v) is 6.94. The molecular formula is C20H23N3O2. The topological polar surface area (TPSA) is 65.5 Å². The van der Waals surface area contributed by atoms with Crippen molar-refractivity contribution in [2.75, 3.05) is 10.2 Å². The smallest absolute Gasteiger partial charge is 0.230 e. The number of fused-ring (bicyclic) bond motifs is 2. The molecular weight excluding hydrogens is 314 g/mol. The van der Waals surface area contributed by atoms with Crippen molar-refractivity contribution in [1.82, 2.24) is 4.98 Å². The van der Waals surface area contributed by atoms with Gasteiger partial charge in [0.25, 0.3) is 0 Å². The zero-order chi connectivity index (χ0) is 17.2. The molecule has 1 aliphatic carbocycles. The molecule has 130 valence electrons. The van der Waals surface area contributed by atoms with Gasteiger partial charge in [-0.2, -0.15) is 0 Å². The number of carbonyl (C=O) groups is 1. The second-order valence-electron chi connectivity index (χ2n) is 6.94. The Kier molecular flexibility index (Phi) is 4.40. The van der Waals surface area contributed by atoms with Crippen molar-refractivity contribution in [2.45, 2.75) is 44.8 Å². The molecule has 2 aliphatic rings. The minimum Gasteiger partial charge on any atom is -0.393 e. The number of amides is 1. The Morgan fingerprint density at radius 2 is 2.00 bits per heavy atom. The molecule has 0 saturated heterocycles. The highest BCUT2D eigenvalue weighted by molar-refractivity contribution is 5.99. The highest BCUT2D eigenvalue weighted by Gasteiger charge is 2.31. The number of aliphatic hydroxyl groups excluding tert-OH is 1. The molecule has 5 heteroatoms. The fraction of sp³-hybridized carbons (Fsp3) is 0.400. The summed E-state index contributed by atoms with van der Waals surface area (Å²) in [5, 5.41) is 13.3. The van der Waals surface area contributed by atoms with Crippen LogP contribution in [0.15, 0.2) is 42.6 Å². The van der Waals surface area contributed by atoms with Crippen LogP contribution in [0.4, 0.5) is 17.2 Å². The second kappa shape index (κ2) is 6.84. The van der Waals surface area contributed by atoms with Gasteiger partial charge in [-0.1, -0.05) is 24.6 Å². The van der Waals surface area contributed by atoms with Gasteiger partial charge in [0.2, 0.25) is 5.91 Å². The summed E-state index contributed by atoms with van der Waals surface area (Å²) in [6.45, 7) is 0.519. The third-order valence-electron chi connectivity index (χ3n) is 5.22. The average molecular weight is 337 g/mol. The normalized spacial score (nSPS) is 22.8. The van der Waals surface area contributed by atoms with E-state index in [4.69, 9.17) is 0 Å². The first-order valence-electron chi connectivity index (χ1n) is 9.02. The highest BCUT2D eigenvalue weighted by Crippen LogP contribution is 2.36. The van der Waals surface area contributed by atoms with Crippen molar-refractivity contribution in [3.05, 3.63) is 48.2 Å². The number of aromatic nitrogens is 1. The van der Waals surface area contributed by atoms with Crippen LogP contribution >= 0.6 is 0 Å². The number of benzene rings is 1. The first kappa shape index (κ1) is 16.1. The van der Waals surface area contributed by atoms with Crippen LogP contribution in [0.5, 0.6) is 0 Å². The van der Waals surface area contributed by atoms with Crippen LogP contribution < -0.4 is 10.2 Å². The molecule has 0 radical (unpaired) electrons. The maximum Gasteiger partial charge on any atom is 0.230 e. The van der Waals surface area contributed by atoms with Crippen molar-refractivity contribution in [3.8, 4) is 0 Å². The van der Waals surface area contributed by atoms with Gasteiger partial charge in [0.15, 0.2) is 0 Å². The number of carbonyl (C=O) groups excluding carboxylic acids is 1. The Bertz CT molecular complexity index is 777. The summed E-state index contributed by atoms with van der Waals surface area (Å²) in [6.07, 6.45) is 5.52. The minimum absolute atomic E-state index is 0.0246. The van der Waals surface area contributed by atoms with Gasteiger partial charge in [0.1, 0.15) is 5.82 Å². The summed E-state index contributed by atoms with van der Waals surface area (Å²) in [5.41, 5.74) is 2.82. The van der Waals surface area contributed by atoms with Crippen LogP contribution in [0.3, 0.4) is 0 Å². The summed E-state index contributed by atoms with van der Waals surface area (Å²) in [6, 6.07) is 11.8. The van der Waals surface area contributed by atoms with Crippen molar-refractivity contribution in [1.29, 1.82) is 0 Å². The predicted molar refractivity (Wildman–Crippen MR) is 97.7 cm³/mol. The molecule has 1 aromatic heterocycles. The van der Waals surface area contributed by atoms with E-state index < -0.39 is 0 Å². The molecule has 2 N–H and O–H groups in total. The molecule has 5 nitrogen and oxygen atoms in total.